The molecule has 518 valence electrons. The Morgan fingerprint density at radius 2 is 0.447 bits per heavy atom. The summed E-state index contributed by atoms with van der Waals surface area (Å²) in [6.45, 7) is 68.8. The van der Waals surface area contributed by atoms with Gasteiger partial charge >= 0.3 is 75.4 Å². The summed E-state index contributed by atoms with van der Waals surface area (Å²) in [5, 5.41) is 54.7. The third-order valence-electron chi connectivity index (χ3n) is 16.5. The number of hydrogen-bond donors (Lipinski definition) is 0. The van der Waals surface area contributed by atoms with Crippen molar-refractivity contribution in [1.82, 2.24) is 9.80 Å². The molecular formula is C82H140Li4N2O6. The van der Waals surface area contributed by atoms with Crippen LogP contribution in [0.25, 0.3) is 0 Å². The zero-order valence-corrected chi connectivity index (χ0v) is 68.7. The van der Waals surface area contributed by atoms with E-state index in [4.69, 9.17) is 9.47 Å². The van der Waals surface area contributed by atoms with Crippen molar-refractivity contribution in [3.8, 4) is 23.0 Å². The summed E-state index contributed by atoms with van der Waals surface area (Å²) < 4.78 is 10.8. The van der Waals surface area contributed by atoms with E-state index in [0.29, 0.717) is 52.5 Å². The summed E-state index contributed by atoms with van der Waals surface area (Å²) >= 11 is 0. The number of nitrogens with zero attached hydrogens (tertiary/aromatic N) is 2. The van der Waals surface area contributed by atoms with Crippen LogP contribution in [0.3, 0.4) is 0 Å². The normalized spacial score (nSPS) is 12.1. The smallest absolute Gasteiger partial charge is 0.872 e. The number of ether oxygens (including phenoxy) is 2. The van der Waals surface area contributed by atoms with Crippen molar-refractivity contribution >= 4 is 0 Å². The summed E-state index contributed by atoms with van der Waals surface area (Å²) in [6, 6.07) is 16.6. The number of hydrogen-bond acceptors (Lipinski definition) is 8. The molecule has 4 aromatic rings. The van der Waals surface area contributed by atoms with Gasteiger partial charge in [0.2, 0.25) is 0 Å². The molecule has 0 aliphatic rings. The molecular weight excluding hydrogens is 1140 g/mol. The van der Waals surface area contributed by atoms with Crippen LogP contribution in [-0.4, -0.2) is 50.3 Å². The minimum absolute atomic E-state index is 0. The van der Waals surface area contributed by atoms with Gasteiger partial charge in [0.05, 0.1) is 13.2 Å². The maximum Gasteiger partial charge on any atom is 1.00 e. The van der Waals surface area contributed by atoms with E-state index in [1.54, 1.807) is 14.2 Å². The second-order valence-corrected chi connectivity index (χ2v) is 33.9. The predicted molar refractivity (Wildman–Crippen MR) is 385 cm³/mol. The Labute approximate surface area is 630 Å². The SMILES string of the molecule is CCCCC.CCCCC.CCCCCC.COCCN(Cc1cc(C(C)(C)C)cc(C(C)(C)C)c1[O-])Cc1cc(C(C)(C)C)cc(C(C)(C)C)c1[O-].COCCN(Cc1cc(C(C)(C)C)cc(C(C)(C)C)c1[O-])Cc1cc(C(C)(C)C)cc(C(C)(C)C)c1[O-].[Li+].[Li+].[Li+].[Li+]. The van der Waals surface area contributed by atoms with Crippen molar-refractivity contribution in [3.05, 3.63) is 115 Å². The molecule has 4 rings (SSSR count). The van der Waals surface area contributed by atoms with Crippen molar-refractivity contribution < 1.29 is 105 Å². The second-order valence-electron chi connectivity index (χ2n) is 33.9. The number of benzene rings is 4. The minimum atomic E-state index is -0.255. The molecule has 8 nitrogen and oxygen atoms in total. The molecule has 0 atom stereocenters. The van der Waals surface area contributed by atoms with Gasteiger partial charge in [0.1, 0.15) is 0 Å². The monoisotopic (exact) mass is 1280 g/mol. The zero-order valence-electron chi connectivity index (χ0n) is 68.7. The first-order valence-corrected chi connectivity index (χ1v) is 34.9. The summed E-state index contributed by atoms with van der Waals surface area (Å²) in [5.74, 6) is 0.404. The molecule has 0 heterocycles. The minimum Gasteiger partial charge on any atom is -0.872 e. The van der Waals surface area contributed by atoms with Gasteiger partial charge in [0.15, 0.2) is 0 Å². The van der Waals surface area contributed by atoms with Gasteiger partial charge < -0.3 is 29.9 Å². The molecule has 0 unspecified atom stereocenters. The number of unbranched alkanes of at least 4 members (excludes halogenated alkanes) is 7. The molecule has 0 N–H and O–H groups in total. The molecule has 0 spiro atoms. The number of methoxy groups -OCH3 is 2. The van der Waals surface area contributed by atoms with Gasteiger partial charge in [0.25, 0.3) is 0 Å². The van der Waals surface area contributed by atoms with Gasteiger partial charge in [-0.1, -0.05) is 320 Å². The Balaban J connectivity index is -0.000000439. The first-order chi connectivity index (χ1) is 41.1. The van der Waals surface area contributed by atoms with Crippen LogP contribution in [0.4, 0.5) is 0 Å². The Bertz CT molecular complexity index is 2350. The topological polar surface area (TPSA) is 117 Å². The first kappa shape index (κ1) is 101. The van der Waals surface area contributed by atoms with Gasteiger partial charge in [-0.3, -0.25) is 9.80 Å². The molecule has 0 amide bonds. The van der Waals surface area contributed by atoms with Crippen LogP contribution in [0, 0.1) is 0 Å². The van der Waals surface area contributed by atoms with Crippen molar-refractivity contribution in [2.24, 2.45) is 0 Å². The summed E-state index contributed by atoms with van der Waals surface area (Å²) in [4.78, 5) is 4.38. The van der Waals surface area contributed by atoms with Gasteiger partial charge in [-0.25, -0.2) is 0 Å². The molecule has 0 fully saturated rings. The predicted octanol–water partition coefficient (Wildman–Crippen LogP) is 8.34. The fourth-order valence-electron chi connectivity index (χ4n) is 10.2. The molecule has 94 heavy (non-hydrogen) atoms. The van der Waals surface area contributed by atoms with Crippen LogP contribution < -0.4 is 95.9 Å². The van der Waals surface area contributed by atoms with Gasteiger partial charge in [-0.2, -0.15) is 0 Å². The van der Waals surface area contributed by atoms with Crippen LogP contribution in [0.15, 0.2) is 48.5 Å². The van der Waals surface area contributed by atoms with Crippen molar-refractivity contribution in [1.29, 1.82) is 0 Å². The van der Waals surface area contributed by atoms with E-state index < -0.39 is 0 Å². The standard InChI is InChI=1S/2C33H53NO3.C6H14.2C5H12.4Li/c2*1-30(2,3)24-16-22(28(35)26(18-24)32(7,8)9)20-34(14-15-37-13)21-23-17-25(31(4,5)6)19-27(29(23)36)33(10,11)12;1-3-5-6-4-2;2*1-3-5-4-2;;;;/h2*16-19,35-36H,14-15,20-21H2,1-13H3;3-6H2,1-2H3;2*3-5H2,1-2H3;;;;/q;;;;;4*+1/p-4. The van der Waals surface area contributed by atoms with Crippen LogP contribution in [-0.2, 0) is 79.0 Å². The summed E-state index contributed by atoms with van der Waals surface area (Å²) in [5.41, 5.74) is 9.81. The van der Waals surface area contributed by atoms with E-state index >= 15 is 0 Å². The molecule has 0 aliphatic heterocycles. The summed E-state index contributed by atoms with van der Waals surface area (Å²) in [6.07, 6.45) is 13.7. The van der Waals surface area contributed by atoms with Crippen LogP contribution in [0.5, 0.6) is 23.0 Å². The van der Waals surface area contributed by atoms with E-state index in [-0.39, 0.29) is 142 Å². The Morgan fingerprint density at radius 1 is 0.277 bits per heavy atom. The molecule has 0 saturated carbocycles. The molecule has 0 radical (unpaired) electrons. The number of rotatable bonds is 21. The average molecular weight is 1280 g/mol. The fraction of sp³-hybridized carbons (Fsp3) is 0.707. The van der Waals surface area contributed by atoms with E-state index in [9.17, 15) is 20.4 Å². The van der Waals surface area contributed by atoms with Crippen LogP contribution in [0.1, 0.15) is 339 Å². The second kappa shape index (κ2) is 45.2. The average Bonchev–Trinajstić information content (AvgIpc) is 0.805. The molecule has 12 heteroatoms. The van der Waals surface area contributed by atoms with Crippen molar-refractivity contribution in [3.63, 3.8) is 0 Å². The molecule has 4 aromatic carbocycles. The Morgan fingerprint density at radius 3 is 0.564 bits per heavy atom. The molecule has 0 saturated heterocycles. The zero-order chi connectivity index (χ0) is 70.2. The third-order valence-corrected chi connectivity index (χ3v) is 16.5. The van der Waals surface area contributed by atoms with Crippen molar-refractivity contribution in [2.45, 2.75) is 341 Å². The fourth-order valence-corrected chi connectivity index (χ4v) is 10.2. The quantitative estimate of drug-likeness (QED) is 0.0605. The summed E-state index contributed by atoms with van der Waals surface area (Å²) in [7, 11) is 3.37. The third kappa shape index (κ3) is 36.1. The van der Waals surface area contributed by atoms with Crippen LogP contribution in [0.2, 0.25) is 0 Å². The molecule has 0 bridgehead atoms. The van der Waals surface area contributed by atoms with E-state index in [1.165, 1.54) is 64.2 Å². The maximum atomic E-state index is 13.7. The van der Waals surface area contributed by atoms with E-state index in [2.05, 4.69) is 266 Å². The van der Waals surface area contributed by atoms with Crippen LogP contribution >= 0.6 is 0 Å². The largest absolute Gasteiger partial charge is 1.00 e. The molecule has 0 aromatic heterocycles. The van der Waals surface area contributed by atoms with E-state index in [0.717, 1.165) is 66.8 Å². The van der Waals surface area contributed by atoms with Gasteiger partial charge in [-0.05, 0) is 110 Å². The maximum absolute atomic E-state index is 13.7. The first-order valence-electron chi connectivity index (χ1n) is 34.9. The van der Waals surface area contributed by atoms with E-state index in [1.807, 2.05) is 0 Å². The molecule has 0 aliphatic carbocycles. The Kier molecular flexibility index (Phi) is 48.6. The van der Waals surface area contributed by atoms with Gasteiger partial charge in [-0.15, -0.1) is 23.0 Å². The van der Waals surface area contributed by atoms with Crippen molar-refractivity contribution in [2.75, 3.05) is 40.5 Å². The van der Waals surface area contributed by atoms with Gasteiger partial charge in [0, 0.05) is 53.5 Å². The Hall–Kier alpha value is -1.69.